The Labute approximate surface area is 80.1 Å². The van der Waals surface area contributed by atoms with Crippen LogP contribution in [0.4, 0.5) is 0 Å². The molecular formula is C7H8O6S. The Morgan fingerprint density at radius 2 is 1.71 bits per heavy atom. The van der Waals surface area contributed by atoms with Crippen molar-refractivity contribution in [3.8, 4) is 23.0 Å². The van der Waals surface area contributed by atoms with Crippen LogP contribution < -0.4 is 4.18 Å². The first kappa shape index (κ1) is 10.5. The summed E-state index contributed by atoms with van der Waals surface area (Å²) in [6.45, 7) is 0. The summed E-state index contributed by atoms with van der Waals surface area (Å²) in [5, 5.41) is 27.1. The van der Waals surface area contributed by atoms with Crippen molar-refractivity contribution in [3.63, 3.8) is 0 Å². The van der Waals surface area contributed by atoms with Crippen molar-refractivity contribution in [2.75, 3.05) is 6.26 Å². The highest BCUT2D eigenvalue weighted by molar-refractivity contribution is 7.86. The van der Waals surface area contributed by atoms with Gasteiger partial charge in [-0.05, 0) is 12.1 Å². The molecule has 0 amide bonds. The third-order valence-electron chi connectivity index (χ3n) is 1.33. The van der Waals surface area contributed by atoms with Crippen molar-refractivity contribution in [3.05, 3.63) is 12.1 Å². The number of rotatable bonds is 2. The smallest absolute Gasteiger partial charge is 0.306 e. The molecule has 3 N–H and O–H groups in total. The van der Waals surface area contributed by atoms with Crippen LogP contribution in [-0.4, -0.2) is 30.0 Å². The van der Waals surface area contributed by atoms with Crippen LogP contribution in [0.2, 0.25) is 0 Å². The molecular weight excluding hydrogens is 212 g/mol. The summed E-state index contributed by atoms with van der Waals surface area (Å²) in [7, 11) is -3.78. The highest BCUT2D eigenvalue weighted by atomic mass is 32.2. The Balaban J connectivity index is 3.19. The lowest BCUT2D eigenvalue weighted by atomic mass is 10.3. The molecule has 0 aliphatic carbocycles. The molecule has 0 aliphatic rings. The second-order valence-corrected chi connectivity index (χ2v) is 4.14. The Hall–Kier alpha value is -1.63. The minimum absolute atomic E-state index is 0.442. The van der Waals surface area contributed by atoms with E-state index in [0.717, 1.165) is 18.4 Å². The van der Waals surface area contributed by atoms with E-state index in [4.69, 9.17) is 15.3 Å². The predicted octanol–water partition coefficient (Wildman–Crippen LogP) is 0.142. The van der Waals surface area contributed by atoms with E-state index >= 15 is 0 Å². The fourth-order valence-corrected chi connectivity index (χ4v) is 1.24. The highest BCUT2D eigenvalue weighted by Crippen LogP contribution is 2.41. The lowest BCUT2D eigenvalue weighted by Crippen LogP contribution is -2.05. The van der Waals surface area contributed by atoms with Crippen molar-refractivity contribution in [1.29, 1.82) is 0 Å². The number of hydrogen-bond donors (Lipinski definition) is 3. The number of phenolic OH excluding ortho intramolecular Hbond substituents is 3. The molecule has 78 valence electrons. The van der Waals surface area contributed by atoms with E-state index in [1.165, 1.54) is 0 Å². The third-order valence-corrected chi connectivity index (χ3v) is 1.82. The maximum atomic E-state index is 10.7. The number of benzene rings is 1. The number of phenols is 3. The first-order valence-electron chi connectivity index (χ1n) is 3.44. The van der Waals surface area contributed by atoms with Gasteiger partial charge in [0.25, 0.3) is 0 Å². The molecule has 1 rings (SSSR count). The summed E-state index contributed by atoms with van der Waals surface area (Å²) in [5.41, 5.74) is 0. The van der Waals surface area contributed by atoms with Gasteiger partial charge in [0.15, 0.2) is 11.5 Å². The molecule has 0 fully saturated rings. The fraction of sp³-hybridized carbons (Fsp3) is 0.143. The third kappa shape index (κ3) is 2.19. The van der Waals surface area contributed by atoms with Gasteiger partial charge in [-0.2, -0.15) is 8.42 Å². The highest BCUT2D eigenvalue weighted by Gasteiger charge is 2.15. The van der Waals surface area contributed by atoms with Gasteiger partial charge in [-0.1, -0.05) is 0 Å². The van der Waals surface area contributed by atoms with Gasteiger partial charge in [-0.25, -0.2) is 0 Å². The van der Waals surface area contributed by atoms with Gasteiger partial charge in [-0.3, -0.25) is 0 Å². The molecule has 0 spiro atoms. The zero-order valence-corrected chi connectivity index (χ0v) is 7.95. The van der Waals surface area contributed by atoms with E-state index in [-0.39, 0.29) is 0 Å². The Morgan fingerprint density at radius 1 is 1.14 bits per heavy atom. The van der Waals surface area contributed by atoms with Crippen LogP contribution in [0.25, 0.3) is 0 Å². The molecule has 7 heteroatoms. The van der Waals surface area contributed by atoms with E-state index in [1.54, 1.807) is 0 Å². The number of aromatic hydroxyl groups is 3. The summed E-state index contributed by atoms with van der Waals surface area (Å²) >= 11 is 0. The first-order chi connectivity index (χ1) is 6.31. The van der Waals surface area contributed by atoms with Gasteiger partial charge in [0.05, 0.1) is 6.26 Å². The summed E-state index contributed by atoms with van der Waals surface area (Å²) in [6.07, 6.45) is 0.788. The quantitative estimate of drug-likeness (QED) is 0.484. The standard InChI is InChI=1S/C7H8O6S/c1-14(11,12)13-5-3-2-4(8)6(9)7(5)10/h2-3,8-10H,1H3. The minimum Gasteiger partial charge on any atom is -0.504 e. The van der Waals surface area contributed by atoms with Crippen LogP contribution >= 0.6 is 0 Å². The maximum Gasteiger partial charge on any atom is 0.306 e. The fourth-order valence-electron chi connectivity index (χ4n) is 0.781. The molecule has 6 nitrogen and oxygen atoms in total. The average Bonchev–Trinajstić information content (AvgIpc) is 2.04. The molecule has 1 aromatic carbocycles. The molecule has 1 aromatic rings. The molecule has 0 aromatic heterocycles. The van der Waals surface area contributed by atoms with Crippen LogP contribution in [0.3, 0.4) is 0 Å². The van der Waals surface area contributed by atoms with Gasteiger partial charge >= 0.3 is 10.1 Å². The summed E-state index contributed by atoms with van der Waals surface area (Å²) < 4.78 is 25.7. The van der Waals surface area contributed by atoms with Crippen LogP contribution in [-0.2, 0) is 10.1 Å². The Morgan fingerprint density at radius 3 is 2.21 bits per heavy atom. The molecule has 0 saturated carbocycles. The second-order valence-electron chi connectivity index (χ2n) is 2.57. The van der Waals surface area contributed by atoms with Crippen molar-refractivity contribution < 1.29 is 27.9 Å². The van der Waals surface area contributed by atoms with E-state index in [0.29, 0.717) is 0 Å². The van der Waals surface area contributed by atoms with Crippen LogP contribution in [0.1, 0.15) is 0 Å². The van der Waals surface area contributed by atoms with Gasteiger partial charge in [0.2, 0.25) is 11.5 Å². The zero-order valence-electron chi connectivity index (χ0n) is 7.13. The molecule has 0 unspecified atom stereocenters. The lowest BCUT2D eigenvalue weighted by molar-refractivity contribution is 0.356. The van der Waals surface area contributed by atoms with E-state index in [9.17, 15) is 8.42 Å². The van der Waals surface area contributed by atoms with Crippen LogP contribution in [0.15, 0.2) is 12.1 Å². The van der Waals surface area contributed by atoms with E-state index in [1.807, 2.05) is 0 Å². The van der Waals surface area contributed by atoms with E-state index in [2.05, 4.69) is 4.18 Å². The molecule has 0 atom stereocenters. The molecule has 0 radical (unpaired) electrons. The normalized spacial score (nSPS) is 11.2. The Kier molecular flexibility index (Phi) is 2.43. The molecule has 0 bridgehead atoms. The summed E-state index contributed by atoms with van der Waals surface area (Å²) in [6, 6.07) is 2.01. The lowest BCUT2D eigenvalue weighted by Gasteiger charge is -2.06. The molecule has 0 saturated heterocycles. The van der Waals surface area contributed by atoms with Crippen LogP contribution in [0.5, 0.6) is 23.0 Å². The summed E-state index contributed by atoms with van der Waals surface area (Å²) in [4.78, 5) is 0. The van der Waals surface area contributed by atoms with Crippen molar-refractivity contribution in [2.45, 2.75) is 0 Å². The van der Waals surface area contributed by atoms with Gasteiger partial charge in [0.1, 0.15) is 0 Å². The second kappa shape index (κ2) is 3.26. The minimum atomic E-state index is -3.78. The Bertz CT molecular complexity index is 449. The van der Waals surface area contributed by atoms with Crippen molar-refractivity contribution in [2.24, 2.45) is 0 Å². The molecule has 0 heterocycles. The van der Waals surface area contributed by atoms with Gasteiger partial charge in [-0.15, -0.1) is 0 Å². The summed E-state index contributed by atoms with van der Waals surface area (Å²) in [5.74, 6) is -2.66. The zero-order chi connectivity index (χ0) is 10.9. The number of hydrogen-bond acceptors (Lipinski definition) is 6. The predicted molar refractivity (Wildman–Crippen MR) is 46.9 cm³/mol. The monoisotopic (exact) mass is 220 g/mol. The first-order valence-corrected chi connectivity index (χ1v) is 5.26. The topological polar surface area (TPSA) is 104 Å². The van der Waals surface area contributed by atoms with Gasteiger partial charge in [0, 0.05) is 0 Å². The van der Waals surface area contributed by atoms with Crippen molar-refractivity contribution >= 4 is 10.1 Å². The maximum absolute atomic E-state index is 10.7. The van der Waals surface area contributed by atoms with Crippen LogP contribution in [0, 0.1) is 0 Å². The molecule has 0 aliphatic heterocycles. The largest absolute Gasteiger partial charge is 0.504 e. The van der Waals surface area contributed by atoms with E-state index < -0.39 is 33.1 Å². The molecule has 14 heavy (non-hydrogen) atoms. The SMILES string of the molecule is CS(=O)(=O)Oc1ccc(O)c(O)c1O. The van der Waals surface area contributed by atoms with Crippen molar-refractivity contribution in [1.82, 2.24) is 0 Å². The average molecular weight is 220 g/mol. The van der Waals surface area contributed by atoms with Gasteiger partial charge < -0.3 is 19.5 Å².